The van der Waals surface area contributed by atoms with E-state index in [1.165, 1.54) is 6.42 Å². The van der Waals surface area contributed by atoms with Crippen molar-refractivity contribution in [2.75, 3.05) is 0 Å². The third-order valence-electron chi connectivity index (χ3n) is 4.95. The number of hydrogen-bond donors (Lipinski definition) is 2. The standard InChI is InChI=1S/C10H19NO/c1-8(2)7-4-5-9(8,3)10(11,12)6-7/h7,12H,4-6,11H2,1-3H3/t7-,9-,10+/m1/s1. The van der Waals surface area contributed by atoms with Gasteiger partial charge in [-0.1, -0.05) is 20.8 Å². The first-order valence-electron chi connectivity index (χ1n) is 4.82. The van der Waals surface area contributed by atoms with Crippen LogP contribution >= 0.6 is 0 Å². The van der Waals surface area contributed by atoms with Crippen LogP contribution in [-0.4, -0.2) is 10.8 Å². The van der Waals surface area contributed by atoms with Crippen LogP contribution in [0.5, 0.6) is 0 Å². The van der Waals surface area contributed by atoms with Crippen molar-refractivity contribution in [2.45, 2.75) is 45.8 Å². The minimum Gasteiger partial charge on any atom is -0.375 e. The lowest BCUT2D eigenvalue weighted by Gasteiger charge is -2.42. The van der Waals surface area contributed by atoms with Crippen molar-refractivity contribution in [2.24, 2.45) is 22.5 Å². The summed E-state index contributed by atoms with van der Waals surface area (Å²) in [7, 11) is 0. The van der Waals surface area contributed by atoms with E-state index in [1.807, 2.05) is 0 Å². The molecule has 0 radical (unpaired) electrons. The Hall–Kier alpha value is -0.0800. The fourth-order valence-corrected chi connectivity index (χ4v) is 3.33. The molecule has 2 aliphatic rings. The van der Waals surface area contributed by atoms with Crippen molar-refractivity contribution >= 4 is 0 Å². The molecule has 0 spiro atoms. The Kier molecular flexibility index (Phi) is 1.33. The maximum atomic E-state index is 10.1. The molecule has 2 aliphatic carbocycles. The van der Waals surface area contributed by atoms with Crippen molar-refractivity contribution in [3.8, 4) is 0 Å². The van der Waals surface area contributed by atoms with Crippen LogP contribution in [0.15, 0.2) is 0 Å². The lowest BCUT2D eigenvalue weighted by atomic mass is 9.68. The number of rotatable bonds is 0. The molecule has 2 bridgehead atoms. The smallest absolute Gasteiger partial charge is 0.119 e. The van der Waals surface area contributed by atoms with E-state index >= 15 is 0 Å². The van der Waals surface area contributed by atoms with Crippen LogP contribution in [0.4, 0.5) is 0 Å². The lowest BCUT2D eigenvalue weighted by molar-refractivity contribution is -0.0844. The summed E-state index contributed by atoms with van der Waals surface area (Å²) in [5.41, 5.74) is 5.17. The second-order valence-corrected chi connectivity index (χ2v) is 5.42. The average molecular weight is 169 g/mol. The second kappa shape index (κ2) is 1.88. The molecule has 2 saturated carbocycles. The molecule has 3 atom stereocenters. The number of aliphatic hydroxyl groups is 1. The Bertz CT molecular complexity index is 222. The first kappa shape index (κ1) is 8.52. The van der Waals surface area contributed by atoms with Gasteiger partial charge in [0.1, 0.15) is 5.72 Å². The highest BCUT2D eigenvalue weighted by atomic mass is 16.3. The Labute approximate surface area is 74.1 Å². The topological polar surface area (TPSA) is 46.2 Å². The molecule has 0 aromatic rings. The summed E-state index contributed by atoms with van der Waals surface area (Å²) >= 11 is 0. The van der Waals surface area contributed by atoms with Gasteiger partial charge in [0.2, 0.25) is 0 Å². The highest BCUT2D eigenvalue weighted by molar-refractivity contribution is 5.15. The van der Waals surface area contributed by atoms with E-state index in [4.69, 9.17) is 5.73 Å². The van der Waals surface area contributed by atoms with Crippen LogP contribution in [0.1, 0.15) is 40.0 Å². The predicted molar refractivity (Wildman–Crippen MR) is 48.4 cm³/mol. The van der Waals surface area contributed by atoms with E-state index in [-0.39, 0.29) is 10.8 Å². The second-order valence-electron chi connectivity index (χ2n) is 5.42. The molecule has 70 valence electrons. The van der Waals surface area contributed by atoms with E-state index < -0.39 is 5.72 Å². The minimum absolute atomic E-state index is 0.0648. The molecule has 0 aromatic heterocycles. The number of fused-ring (bicyclic) bond motifs is 2. The SMILES string of the molecule is CC1(C)[C@@H]2CC[C@@]1(C)[C@@](N)(O)C2. The van der Waals surface area contributed by atoms with Gasteiger partial charge in [0.05, 0.1) is 0 Å². The molecule has 2 fully saturated rings. The van der Waals surface area contributed by atoms with Crippen LogP contribution in [-0.2, 0) is 0 Å². The van der Waals surface area contributed by atoms with Gasteiger partial charge in [0, 0.05) is 5.41 Å². The van der Waals surface area contributed by atoms with Crippen LogP contribution in [0.2, 0.25) is 0 Å². The van der Waals surface area contributed by atoms with Gasteiger partial charge in [0.15, 0.2) is 0 Å². The molecule has 3 N–H and O–H groups in total. The maximum Gasteiger partial charge on any atom is 0.119 e. The highest BCUT2D eigenvalue weighted by Crippen LogP contribution is 2.67. The van der Waals surface area contributed by atoms with E-state index in [2.05, 4.69) is 20.8 Å². The molecule has 0 saturated heterocycles. The number of hydrogen-bond acceptors (Lipinski definition) is 2. The molecule has 0 aliphatic heterocycles. The molecule has 2 rings (SSSR count). The van der Waals surface area contributed by atoms with Crippen LogP contribution < -0.4 is 5.73 Å². The first-order valence-corrected chi connectivity index (χ1v) is 4.82. The number of nitrogens with two attached hydrogens (primary N) is 1. The summed E-state index contributed by atoms with van der Waals surface area (Å²) in [5, 5.41) is 10.1. The van der Waals surface area contributed by atoms with Gasteiger partial charge in [0.25, 0.3) is 0 Å². The average Bonchev–Trinajstić information content (AvgIpc) is 2.18. The normalized spacial score (nSPS) is 56.2. The summed E-state index contributed by atoms with van der Waals surface area (Å²) in [5.74, 6) is 0.623. The molecule has 2 nitrogen and oxygen atoms in total. The zero-order valence-corrected chi connectivity index (χ0v) is 8.22. The van der Waals surface area contributed by atoms with Crippen LogP contribution in [0.25, 0.3) is 0 Å². The van der Waals surface area contributed by atoms with Crippen molar-refractivity contribution in [3.05, 3.63) is 0 Å². The fourth-order valence-electron chi connectivity index (χ4n) is 3.33. The Morgan fingerprint density at radius 2 is 1.92 bits per heavy atom. The van der Waals surface area contributed by atoms with Gasteiger partial charge in [-0.05, 0) is 30.6 Å². The quantitative estimate of drug-likeness (QED) is 0.539. The first-order chi connectivity index (χ1) is 5.31. The van der Waals surface area contributed by atoms with E-state index in [1.54, 1.807) is 0 Å². The van der Waals surface area contributed by atoms with Crippen LogP contribution in [0, 0.1) is 16.7 Å². The highest BCUT2D eigenvalue weighted by Gasteiger charge is 2.67. The lowest BCUT2D eigenvalue weighted by Crippen LogP contribution is -2.54. The molecular weight excluding hydrogens is 150 g/mol. The third-order valence-corrected chi connectivity index (χ3v) is 4.95. The molecule has 0 aromatic carbocycles. The zero-order valence-electron chi connectivity index (χ0n) is 8.22. The summed E-state index contributed by atoms with van der Waals surface area (Å²) in [4.78, 5) is 0. The summed E-state index contributed by atoms with van der Waals surface area (Å²) < 4.78 is 0. The minimum atomic E-state index is -0.917. The Morgan fingerprint density at radius 1 is 1.33 bits per heavy atom. The van der Waals surface area contributed by atoms with E-state index in [0.29, 0.717) is 5.92 Å². The van der Waals surface area contributed by atoms with Gasteiger partial charge in [-0.2, -0.15) is 0 Å². The molecule has 0 heterocycles. The molecule has 0 unspecified atom stereocenters. The fraction of sp³-hybridized carbons (Fsp3) is 1.00. The van der Waals surface area contributed by atoms with Gasteiger partial charge in [-0.3, -0.25) is 0 Å². The Balaban J connectivity index is 2.47. The van der Waals surface area contributed by atoms with Crippen molar-refractivity contribution in [1.29, 1.82) is 0 Å². The van der Waals surface area contributed by atoms with Gasteiger partial charge in [-0.15, -0.1) is 0 Å². The third kappa shape index (κ3) is 0.647. The van der Waals surface area contributed by atoms with Crippen molar-refractivity contribution in [3.63, 3.8) is 0 Å². The van der Waals surface area contributed by atoms with E-state index in [0.717, 1.165) is 12.8 Å². The monoisotopic (exact) mass is 169 g/mol. The Morgan fingerprint density at radius 3 is 2.08 bits per heavy atom. The van der Waals surface area contributed by atoms with Crippen molar-refractivity contribution in [1.82, 2.24) is 0 Å². The van der Waals surface area contributed by atoms with E-state index in [9.17, 15) is 5.11 Å². The summed E-state index contributed by atoms with van der Waals surface area (Å²) in [6.07, 6.45) is 3.11. The molecular formula is C10H19NO. The predicted octanol–water partition coefficient (Wildman–Crippen LogP) is 1.48. The molecule has 2 heteroatoms. The van der Waals surface area contributed by atoms with Crippen LogP contribution in [0.3, 0.4) is 0 Å². The summed E-state index contributed by atoms with van der Waals surface area (Å²) in [6, 6.07) is 0. The van der Waals surface area contributed by atoms with Crippen molar-refractivity contribution < 1.29 is 5.11 Å². The maximum absolute atomic E-state index is 10.1. The molecule has 0 amide bonds. The van der Waals surface area contributed by atoms with Gasteiger partial charge < -0.3 is 10.8 Å². The summed E-state index contributed by atoms with van der Waals surface area (Å²) in [6.45, 7) is 6.63. The largest absolute Gasteiger partial charge is 0.375 e. The zero-order chi connectivity index (χ0) is 9.20. The molecule has 12 heavy (non-hydrogen) atoms. The van der Waals surface area contributed by atoms with Gasteiger partial charge in [-0.25, -0.2) is 0 Å². The van der Waals surface area contributed by atoms with Gasteiger partial charge >= 0.3 is 0 Å².